The van der Waals surface area contributed by atoms with Crippen LogP contribution in [0.15, 0.2) is 15.5 Å². The maximum absolute atomic E-state index is 10.6. The number of aryl methyl sites for hydroxylation is 1. The lowest BCUT2D eigenvalue weighted by atomic mass is 10.7. The van der Waals surface area contributed by atoms with E-state index >= 15 is 0 Å². The van der Waals surface area contributed by atoms with Crippen molar-refractivity contribution >= 4 is 27.5 Å². The first kappa shape index (κ1) is 6.04. The van der Waals surface area contributed by atoms with E-state index in [2.05, 4.69) is 15.9 Å². The van der Waals surface area contributed by atoms with Crippen LogP contribution >= 0.6 is 27.5 Å². The van der Waals surface area contributed by atoms with Gasteiger partial charge in [0.15, 0.2) is 0 Å². The van der Waals surface area contributed by atoms with Gasteiger partial charge in [-0.2, -0.15) is 0 Å². The molecule has 0 aliphatic heterocycles. The lowest BCUT2D eigenvalue weighted by Gasteiger charge is -1.77. The molecule has 0 saturated heterocycles. The lowest BCUT2D eigenvalue weighted by Crippen LogP contribution is -1.85. The molecule has 0 aromatic carbocycles. The van der Waals surface area contributed by atoms with Crippen molar-refractivity contribution in [1.29, 1.82) is 0 Å². The average Bonchev–Trinajstić information content (AvgIpc) is 1.85. The zero-order valence-corrected chi connectivity index (χ0v) is 6.62. The highest BCUT2D eigenvalue weighted by Gasteiger charge is 1.94. The van der Waals surface area contributed by atoms with E-state index in [0.29, 0.717) is 4.47 Å². The Labute approximate surface area is 59.0 Å². The largest absolute Gasteiger partial charge is 0.304 e. The Kier molecular flexibility index (Phi) is 1.53. The van der Waals surface area contributed by atoms with Crippen LogP contribution in [0, 0.1) is 0 Å². The minimum atomic E-state index is 0.0764. The van der Waals surface area contributed by atoms with Gasteiger partial charge in [0.25, 0.3) is 4.74 Å². The summed E-state index contributed by atoms with van der Waals surface area (Å²) in [4.78, 5) is 10.6. The van der Waals surface area contributed by atoms with Gasteiger partial charge in [0.1, 0.15) is 0 Å². The fraction of sp³-hybridized carbons (Fsp3) is 0.250. The first-order valence-electron chi connectivity index (χ1n) is 2.02. The maximum Gasteiger partial charge on any atom is 0.263 e. The smallest absolute Gasteiger partial charge is 0.263 e. The van der Waals surface area contributed by atoms with Crippen molar-refractivity contribution in [2.24, 2.45) is 7.05 Å². The summed E-state index contributed by atoms with van der Waals surface area (Å²) in [5.41, 5.74) is 0. The van der Waals surface area contributed by atoms with Crippen molar-refractivity contribution in [3.8, 4) is 0 Å². The van der Waals surface area contributed by atoms with E-state index in [0.717, 1.165) is 0 Å². The Morgan fingerprint density at radius 3 is 2.62 bits per heavy atom. The molecule has 2 nitrogen and oxygen atoms in total. The second-order valence-corrected chi connectivity index (χ2v) is 3.39. The van der Waals surface area contributed by atoms with E-state index < -0.39 is 0 Å². The number of aromatic nitrogens is 1. The van der Waals surface area contributed by atoms with Crippen LogP contribution in [0.4, 0.5) is 0 Å². The van der Waals surface area contributed by atoms with Gasteiger partial charge in [-0.1, -0.05) is 0 Å². The molecule has 0 unspecified atom stereocenters. The maximum atomic E-state index is 10.6. The van der Waals surface area contributed by atoms with Crippen LogP contribution in [-0.2, 0) is 7.05 Å². The van der Waals surface area contributed by atoms with E-state index in [1.54, 1.807) is 10.2 Å². The van der Waals surface area contributed by atoms with Gasteiger partial charge in [0.05, 0.1) is 4.47 Å². The Morgan fingerprint density at radius 2 is 2.50 bits per heavy atom. The monoisotopic (exact) mass is 193 g/mol. The highest BCUT2D eigenvalue weighted by molar-refractivity contribution is 9.10. The Bertz CT molecular complexity index is 238. The van der Waals surface area contributed by atoms with Crippen LogP contribution < -0.4 is 4.74 Å². The summed E-state index contributed by atoms with van der Waals surface area (Å²) in [7, 11) is 1.83. The molecule has 0 bridgehead atoms. The van der Waals surface area contributed by atoms with Crippen LogP contribution in [0.2, 0.25) is 0 Å². The van der Waals surface area contributed by atoms with E-state index in [9.17, 15) is 4.79 Å². The zero-order valence-electron chi connectivity index (χ0n) is 4.22. The van der Waals surface area contributed by atoms with Gasteiger partial charge in [0, 0.05) is 13.2 Å². The molecule has 0 N–H and O–H groups in total. The van der Waals surface area contributed by atoms with Crippen molar-refractivity contribution in [2.75, 3.05) is 0 Å². The summed E-state index contributed by atoms with van der Waals surface area (Å²) in [6, 6.07) is 0. The van der Waals surface area contributed by atoms with E-state index in [1.165, 1.54) is 11.5 Å². The van der Waals surface area contributed by atoms with Gasteiger partial charge in [-0.3, -0.25) is 4.79 Å². The third-order valence-electron chi connectivity index (χ3n) is 0.717. The average molecular weight is 194 g/mol. The minimum absolute atomic E-state index is 0.0764. The summed E-state index contributed by atoms with van der Waals surface area (Å²) in [5.74, 6) is 0. The molecule has 4 heteroatoms. The molecule has 1 aromatic rings. The summed E-state index contributed by atoms with van der Waals surface area (Å²) in [6.45, 7) is 0. The lowest BCUT2D eigenvalue weighted by molar-refractivity contribution is 1.03. The van der Waals surface area contributed by atoms with Crippen molar-refractivity contribution in [3.63, 3.8) is 0 Å². The molecule has 0 spiro atoms. The van der Waals surface area contributed by atoms with Crippen LogP contribution in [-0.4, -0.2) is 3.96 Å². The second-order valence-electron chi connectivity index (χ2n) is 1.40. The first-order valence-corrected chi connectivity index (χ1v) is 3.59. The molecular weight excluding hydrogens is 190 g/mol. The van der Waals surface area contributed by atoms with Crippen molar-refractivity contribution in [1.82, 2.24) is 3.96 Å². The molecule has 1 heterocycles. The number of rotatable bonds is 0. The molecule has 0 fully saturated rings. The number of nitrogens with zero attached hydrogens (tertiary/aromatic N) is 1. The molecule has 8 heavy (non-hydrogen) atoms. The third kappa shape index (κ3) is 1.00. The molecule has 0 aliphatic carbocycles. The van der Waals surface area contributed by atoms with E-state index in [1.807, 2.05) is 7.05 Å². The van der Waals surface area contributed by atoms with Gasteiger partial charge >= 0.3 is 0 Å². The summed E-state index contributed by atoms with van der Waals surface area (Å²) < 4.78 is 2.48. The van der Waals surface area contributed by atoms with Crippen LogP contribution in [0.5, 0.6) is 0 Å². The summed E-state index contributed by atoms with van der Waals surface area (Å²) in [6.07, 6.45) is 1.74. The zero-order chi connectivity index (χ0) is 6.15. The fourth-order valence-corrected chi connectivity index (χ4v) is 1.63. The van der Waals surface area contributed by atoms with Gasteiger partial charge in [-0.15, -0.1) is 0 Å². The standard InChI is InChI=1S/C4H4BrNOS/c1-6-2-3(5)4(7)8-6/h2H,1H3. The minimum Gasteiger partial charge on any atom is -0.304 e. The van der Waals surface area contributed by atoms with Crippen molar-refractivity contribution < 1.29 is 0 Å². The van der Waals surface area contributed by atoms with Gasteiger partial charge in [-0.25, -0.2) is 0 Å². The molecule has 0 radical (unpaired) electrons. The molecule has 0 amide bonds. The van der Waals surface area contributed by atoms with Crippen molar-refractivity contribution in [2.45, 2.75) is 0 Å². The molecule has 0 saturated carbocycles. The molecule has 1 rings (SSSR count). The van der Waals surface area contributed by atoms with Gasteiger partial charge < -0.3 is 3.96 Å². The predicted octanol–water partition coefficient (Wildman–Crippen LogP) is 1.21. The van der Waals surface area contributed by atoms with Crippen LogP contribution in [0.1, 0.15) is 0 Å². The van der Waals surface area contributed by atoms with Gasteiger partial charge in [-0.05, 0) is 27.5 Å². The second kappa shape index (κ2) is 2.03. The SMILES string of the molecule is Cn1cc(Br)c(=O)s1. The van der Waals surface area contributed by atoms with E-state index in [4.69, 9.17) is 0 Å². The molecule has 1 aromatic heterocycles. The normalized spacial score (nSPS) is 9.75. The molecule has 0 atom stereocenters. The quantitative estimate of drug-likeness (QED) is 0.608. The van der Waals surface area contributed by atoms with Crippen LogP contribution in [0.25, 0.3) is 0 Å². The Morgan fingerprint density at radius 1 is 1.88 bits per heavy atom. The number of hydrogen-bond donors (Lipinski definition) is 0. The number of hydrogen-bond acceptors (Lipinski definition) is 2. The highest BCUT2D eigenvalue weighted by Crippen LogP contribution is 2.03. The van der Waals surface area contributed by atoms with Gasteiger partial charge in [0.2, 0.25) is 0 Å². The summed E-state index contributed by atoms with van der Waals surface area (Å²) in [5, 5.41) is 0. The topological polar surface area (TPSA) is 22.0 Å². The van der Waals surface area contributed by atoms with E-state index in [-0.39, 0.29) is 4.74 Å². The molecular formula is C4H4BrNOS. The summed E-state index contributed by atoms with van der Waals surface area (Å²) >= 11 is 4.28. The molecule has 0 aliphatic rings. The first-order chi connectivity index (χ1) is 3.70. The van der Waals surface area contributed by atoms with Crippen molar-refractivity contribution in [3.05, 3.63) is 20.2 Å². The predicted molar refractivity (Wildman–Crippen MR) is 37.3 cm³/mol. The number of halogens is 1. The highest BCUT2D eigenvalue weighted by atomic mass is 79.9. The van der Waals surface area contributed by atoms with Crippen LogP contribution in [0.3, 0.4) is 0 Å². The fourth-order valence-electron chi connectivity index (χ4n) is 0.413. The Balaban J connectivity index is 3.35. The third-order valence-corrected chi connectivity index (χ3v) is 2.32. The Hall–Kier alpha value is -0.0900. The molecule has 44 valence electrons.